The van der Waals surface area contributed by atoms with Crippen molar-refractivity contribution in [3.63, 3.8) is 0 Å². The molecular formula is C16H13ClOSe. The second-order valence-corrected chi connectivity index (χ2v) is 8.66. The zero-order valence-corrected chi connectivity index (χ0v) is 12.8. The van der Waals surface area contributed by atoms with Gasteiger partial charge in [0, 0.05) is 0 Å². The summed E-state index contributed by atoms with van der Waals surface area (Å²) in [5.74, 6) is 0.0971. The molecule has 0 radical (unpaired) electrons. The first kappa shape index (κ1) is 12.9. The summed E-state index contributed by atoms with van der Waals surface area (Å²) < 4.78 is 0.459. The summed E-state index contributed by atoms with van der Waals surface area (Å²) in [6.07, 6.45) is 1.62. The number of aryl methyl sites for hydroxylation is 1. The summed E-state index contributed by atoms with van der Waals surface area (Å²) in [5.41, 5.74) is 1.94. The van der Waals surface area contributed by atoms with Gasteiger partial charge in [0.25, 0.3) is 0 Å². The molecule has 0 aliphatic heterocycles. The van der Waals surface area contributed by atoms with E-state index in [0.717, 1.165) is 24.0 Å². The zero-order valence-electron chi connectivity index (χ0n) is 10.3. The molecule has 0 saturated heterocycles. The van der Waals surface area contributed by atoms with E-state index in [0.29, 0.717) is 0 Å². The molecule has 2 aromatic rings. The quantitative estimate of drug-likeness (QED) is 0.609. The fourth-order valence-electron chi connectivity index (χ4n) is 2.34. The molecule has 1 aliphatic rings. The summed E-state index contributed by atoms with van der Waals surface area (Å²) in [7, 11) is 0. The van der Waals surface area contributed by atoms with Crippen LogP contribution in [0.3, 0.4) is 0 Å². The molecule has 1 aliphatic carbocycles. The van der Waals surface area contributed by atoms with Gasteiger partial charge in [-0.25, -0.2) is 0 Å². The van der Waals surface area contributed by atoms with E-state index >= 15 is 0 Å². The number of Topliss-reactive ketones (excluding diaryl/α,β-unsaturated/α-hetero) is 1. The fraction of sp³-hybridized carbons (Fsp3) is 0.188. The van der Waals surface area contributed by atoms with Gasteiger partial charge in [-0.2, -0.15) is 0 Å². The molecule has 0 amide bonds. The molecule has 0 aromatic heterocycles. The summed E-state index contributed by atoms with van der Waals surface area (Å²) in [5, 5.41) is 0. The van der Waals surface area contributed by atoms with E-state index in [2.05, 4.69) is 12.1 Å². The minimum absolute atomic E-state index is 0.0412. The average Bonchev–Trinajstić information content (AvgIpc) is 2.45. The van der Waals surface area contributed by atoms with Crippen molar-refractivity contribution in [1.82, 2.24) is 0 Å². The molecule has 0 heterocycles. The number of alkyl halides is 1. The van der Waals surface area contributed by atoms with Crippen molar-refractivity contribution in [2.24, 2.45) is 0 Å². The van der Waals surface area contributed by atoms with Gasteiger partial charge in [0.15, 0.2) is 0 Å². The molecule has 1 unspecified atom stereocenters. The fourth-order valence-corrected chi connectivity index (χ4v) is 5.25. The van der Waals surface area contributed by atoms with Crippen molar-refractivity contribution in [3.8, 4) is 0 Å². The van der Waals surface area contributed by atoms with Crippen LogP contribution in [0.25, 0.3) is 0 Å². The van der Waals surface area contributed by atoms with Crippen LogP contribution in [-0.4, -0.2) is 24.5 Å². The van der Waals surface area contributed by atoms with Gasteiger partial charge < -0.3 is 0 Å². The molecular weight excluding hydrogens is 323 g/mol. The second-order valence-electron chi connectivity index (χ2n) is 4.63. The predicted octanol–water partition coefficient (Wildman–Crippen LogP) is 2.78. The van der Waals surface area contributed by atoms with Crippen LogP contribution in [0.15, 0.2) is 54.6 Å². The van der Waals surface area contributed by atoms with Gasteiger partial charge in [-0.3, -0.25) is 0 Å². The predicted molar refractivity (Wildman–Crippen MR) is 79.5 cm³/mol. The molecule has 3 heteroatoms. The zero-order chi connectivity index (χ0) is 13.3. The summed E-state index contributed by atoms with van der Waals surface area (Å²) in [6.45, 7) is 0. The van der Waals surface area contributed by atoms with Crippen LogP contribution in [0.4, 0.5) is 0 Å². The third kappa shape index (κ3) is 2.49. The average molecular weight is 336 g/mol. The van der Waals surface area contributed by atoms with Gasteiger partial charge in [0.2, 0.25) is 0 Å². The number of hydrogen-bond acceptors (Lipinski definition) is 1. The van der Waals surface area contributed by atoms with E-state index in [1.54, 1.807) is 0 Å². The van der Waals surface area contributed by atoms with Crippen LogP contribution in [0.5, 0.6) is 0 Å². The van der Waals surface area contributed by atoms with E-state index in [9.17, 15) is 4.79 Å². The van der Waals surface area contributed by atoms with E-state index < -0.39 is 3.77 Å². The number of ketones is 1. The van der Waals surface area contributed by atoms with E-state index in [1.165, 1.54) is 4.46 Å². The van der Waals surface area contributed by atoms with Crippen LogP contribution >= 0.6 is 11.6 Å². The Morgan fingerprint density at radius 1 is 1.00 bits per heavy atom. The molecule has 96 valence electrons. The standard InChI is InChI=1S/C16H13ClOSe/c17-16(19-13-7-2-1-3-8-13)11-10-12-6-4-5-9-14(12)15(16)18/h1-9H,10-11H2. The Morgan fingerprint density at radius 2 is 1.68 bits per heavy atom. The van der Waals surface area contributed by atoms with Gasteiger partial charge >= 0.3 is 124 Å². The van der Waals surface area contributed by atoms with Crippen LogP contribution in [0.1, 0.15) is 22.3 Å². The van der Waals surface area contributed by atoms with E-state index in [-0.39, 0.29) is 20.7 Å². The molecule has 0 bridgehead atoms. The van der Waals surface area contributed by atoms with Crippen LogP contribution < -0.4 is 4.46 Å². The number of carbonyl (C=O) groups is 1. The molecule has 1 nitrogen and oxygen atoms in total. The third-order valence-corrected chi connectivity index (χ3v) is 6.66. The number of hydrogen-bond donors (Lipinski definition) is 0. The normalized spacial score (nSPS) is 22.1. The number of carbonyl (C=O) groups excluding carboxylic acids is 1. The summed E-state index contributed by atoms with van der Waals surface area (Å²) in [4.78, 5) is 12.6. The molecule has 0 saturated carbocycles. The number of halogens is 1. The first-order chi connectivity index (χ1) is 9.19. The van der Waals surface area contributed by atoms with Crippen molar-refractivity contribution < 1.29 is 4.79 Å². The molecule has 0 fully saturated rings. The Morgan fingerprint density at radius 3 is 2.47 bits per heavy atom. The molecule has 3 rings (SSSR count). The maximum atomic E-state index is 12.6. The minimum atomic E-state index is -0.720. The van der Waals surface area contributed by atoms with Gasteiger partial charge in [-0.1, -0.05) is 0 Å². The van der Waals surface area contributed by atoms with Crippen LogP contribution in [0, 0.1) is 0 Å². The third-order valence-electron chi connectivity index (χ3n) is 3.34. The maximum absolute atomic E-state index is 12.6. The van der Waals surface area contributed by atoms with Crippen molar-refractivity contribution >= 4 is 36.8 Å². The monoisotopic (exact) mass is 336 g/mol. The van der Waals surface area contributed by atoms with Gasteiger partial charge in [-0.05, 0) is 0 Å². The Balaban J connectivity index is 1.92. The van der Waals surface area contributed by atoms with Gasteiger partial charge in [-0.15, -0.1) is 0 Å². The SMILES string of the molecule is O=C1c2ccccc2CCC1(Cl)[Se]c1ccccc1. The van der Waals surface area contributed by atoms with Crippen molar-refractivity contribution in [3.05, 3.63) is 65.7 Å². The van der Waals surface area contributed by atoms with Gasteiger partial charge in [0.05, 0.1) is 0 Å². The first-order valence-electron chi connectivity index (χ1n) is 6.25. The van der Waals surface area contributed by atoms with Gasteiger partial charge in [0.1, 0.15) is 0 Å². The summed E-state index contributed by atoms with van der Waals surface area (Å²) >= 11 is 6.62. The van der Waals surface area contributed by atoms with Crippen molar-refractivity contribution in [2.45, 2.75) is 16.6 Å². The Bertz CT molecular complexity index is 611. The Labute approximate surface area is 124 Å². The first-order valence-corrected chi connectivity index (χ1v) is 8.34. The van der Waals surface area contributed by atoms with Crippen LogP contribution in [0.2, 0.25) is 0 Å². The van der Waals surface area contributed by atoms with Crippen molar-refractivity contribution in [2.75, 3.05) is 0 Å². The number of fused-ring (bicyclic) bond motifs is 1. The molecule has 19 heavy (non-hydrogen) atoms. The number of rotatable bonds is 2. The van der Waals surface area contributed by atoms with Crippen molar-refractivity contribution in [1.29, 1.82) is 0 Å². The Hall–Kier alpha value is -1.08. The molecule has 0 spiro atoms. The topological polar surface area (TPSA) is 17.1 Å². The van der Waals surface area contributed by atoms with Crippen LogP contribution in [-0.2, 0) is 6.42 Å². The second kappa shape index (κ2) is 5.13. The van der Waals surface area contributed by atoms with E-state index in [1.807, 2.05) is 42.5 Å². The number of benzene rings is 2. The Kier molecular flexibility index (Phi) is 3.49. The summed E-state index contributed by atoms with van der Waals surface area (Å²) in [6, 6.07) is 17.9. The molecule has 2 aromatic carbocycles. The molecule has 0 N–H and O–H groups in total. The van der Waals surface area contributed by atoms with E-state index in [4.69, 9.17) is 11.6 Å². The molecule has 1 atom stereocenters.